The molecule has 2 fully saturated rings. The highest BCUT2D eigenvalue weighted by molar-refractivity contribution is 6.00. The van der Waals surface area contributed by atoms with E-state index in [0.29, 0.717) is 47.9 Å². The molecule has 0 unspecified atom stereocenters. The van der Waals surface area contributed by atoms with Crippen molar-refractivity contribution in [2.45, 2.75) is 32.3 Å². The van der Waals surface area contributed by atoms with Crippen LogP contribution in [0.1, 0.15) is 42.6 Å². The molecule has 1 aliphatic heterocycles. The zero-order valence-corrected chi connectivity index (χ0v) is 19.7. The van der Waals surface area contributed by atoms with Crippen molar-refractivity contribution in [3.8, 4) is 6.07 Å². The number of oxime groups is 1. The zero-order chi connectivity index (χ0) is 24.4. The number of nitriles is 1. The van der Waals surface area contributed by atoms with Crippen LogP contribution in [0.2, 0.25) is 0 Å². The second-order valence-corrected chi connectivity index (χ2v) is 9.22. The van der Waals surface area contributed by atoms with E-state index in [-0.39, 0.29) is 17.2 Å². The quantitative estimate of drug-likeness (QED) is 0.415. The van der Waals surface area contributed by atoms with Gasteiger partial charge in [-0.25, -0.2) is 4.98 Å². The lowest BCUT2D eigenvalue weighted by atomic mass is 9.89. The van der Waals surface area contributed by atoms with Gasteiger partial charge in [0.2, 0.25) is 0 Å². The van der Waals surface area contributed by atoms with Crippen molar-refractivity contribution in [2.24, 2.45) is 24.0 Å². The van der Waals surface area contributed by atoms with Gasteiger partial charge < -0.3 is 19.4 Å². The van der Waals surface area contributed by atoms with Gasteiger partial charge in [-0.3, -0.25) is 9.78 Å². The Morgan fingerprint density at radius 1 is 1.23 bits per heavy atom. The maximum absolute atomic E-state index is 13.0. The van der Waals surface area contributed by atoms with Crippen LogP contribution in [0.15, 0.2) is 46.5 Å². The van der Waals surface area contributed by atoms with Crippen LogP contribution in [0.4, 0.5) is 5.69 Å². The molecule has 9 heteroatoms. The fourth-order valence-corrected chi connectivity index (χ4v) is 4.72. The fraction of sp³-hybridized carbons (Fsp3) is 0.423. The van der Waals surface area contributed by atoms with E-state index < -0.39 is 6.61 Å². The van der Waals surface area contributed by atoms with Crippen LogP contribution in [-0.2, 0) is 18.5 Å². The first-order chi connectivity index (χ1) is 17.1. The molecule has 1 saturated heterocycles. The molecular weight excluding hydrogens is 444 g/mol. The van der Waals surface area contributed by atoms with Gasteiger partial charge in [0.25, 0.3) is 5.56 Å². The Hall–Kier alpha value is -3.77. The SMILES string of the molecule is Cn1c(=O)c(CO)c(N2CCC(/C(=N/OCC3CC3)c3ccccn3)CC2)c2nc(C#N)ccc21. The maximum Gasteiger partial charge on any atom is 0.258 e. The standard InChI is InChI=1S/C26H28N6O3/c1-31-22-8-7-19(14-27)29-24(22)25(20(15-33)26(31)34)32-12-9-18(10-13-32)23(21-4-2-3-11-28-21)30-35-16-17-5-6-17/h2-4,7-8,11,17-18,33H,5-6,9-10,12-13,15-16H2,1H3/b30-23-. The van der Waals surface area contributed by atoms with Crippen LogP contribution in [0.3, 0.4) is 0 Å². The molecule has 1 saturated carbocycles. The fourth-order valence-electron chi connectivity index (χ4n) is 4.72. The van der Waals surface area contributed by atoms with E-state index in [0.717, 1.165) is 24.2 Å². The molecule has 0 radical (unpaired) electrons. The van der Waals surface area contributed by atoms with Crippen LogP contribution in [0.25, 0.3) is 11.0 Å². The second kappa shape index (κ2) is 9.84. The van der Waals surface area contributed by atoms with E-state index in [1.54, 1.807) is 25.4 Å². The number of aliphatic hydroxyl groups excluding tert-OH is 1. The molecule has 3 aromatic heterocycles. The van der Waals surface area contributed by atoms with E-state index in [1.807, 2.05) is 18.2 Å². The summed E-state index contributed by atoms with van der Waals surface area (Å²) >= 11 is 0. The van der Waals surface area contributed by atoms with Gasteiger partial charge in [0.1, 0.15) is 29.6 Å². The van der Waals surface area contributed by atoms with Crippen molar-refractivity contribution in [2.75, 3.05) is 24.6 Å². The number of hydrogen-bond donors (Lipinski definition) is 1. The molecule has 1 N–H and O–H groups in total. The van der Waals surface area contributed by atoms with Gasteiger partial charge in [0.15, 0.2) is 0 Å². The molecule has 35 heavy (non-hydrogen) atoms. The third-order valence-corrected chi connectivity index (χ3v) is 6.88. The summed E-state index contributed by atoms with van der Waals surface area (Å²) in [6.07, 6.45) is 5.72. The van der Waals surface area contributed by atoms with E-state index in [4.69, 9.17) is 4.84 Å². The summed E-state index contributed by atoms with van der Waals surface area (Å²) in [5.74, 6) is 0.764. The summed E-state index contributed by atoms with van der Waals surface area (Å²) in [6.45, 7) is 1.53. The highest BCUT2D eigenvalue weighted by atomic mass is 16.6. The van der Waals surface area contributed by atoms with E-state index >= 15 is 0 Å². The molecular formula is C26H28N6O3. The molecule has 5 rings (SSSR count). The first kappa shape index (κ1) is 23.0. The molecule has 0 atom stereocenters. The first-order valence-corrected chi connectivity index (χ1v) is 12.0. The number of rotatable bonds is 7. The first-order valence-electron chi connectivity index (χ1n) is 12.0. The Kier molecular flexibility index (Phi) is 6.47. The number of aryl methyl sites for hydroxylation is 1. The zero-order valence-electron chi connectivity index (χ0n) is 19.7. The minimum Gasteiger partial charge on any atom is -0.395 e. The minimum absolute atomic E-state index is 0.151. The Morgan fingerprint density at radius 2 is 2.03 bits per heavy atom. The van der Waals surface area contributed by atoms with Gasteiger partial charge in [-0.1, -0.05) is 11.2 Å². The Balaban J connectivity index is 1.45. The van der Waals surface area contributed by atoms with Gasteiger partial charge in [0, 0.05) is 32.3 Å². The van der Waals surface area contributed by atoms with Crippen molar-refractivity contribution >= 4 is 22.4 Å². The lowest BCUT2D eigenvalue weighted by Crippen LogP contribution is -2.39. The smallest absolute Gasteiger partial charge is 0.258 e. The number of piperidine rings is 1. The van der Waals surface area contributed by atoms with Gasteiger partial charge in [0.05, 0.1) is 29.1 Å². The average Bonchev–Trinajstić information content (AvgIpc) is 3.73. The van der Waals surface area contributed by atoms with Crippen LogP contribution in [0, 0.1) is 23.2 Å². The van der Waals surface area contributed by atoms with Gasteiger partial charge in [-0.05, 0) is 55.9 Å². The Morgan fingerprint density at radius 3 is 2.69 bits per heavy atom. The molecule has 2 aliphatic rings. The lowest BCUT2D eigenvalue weighted by Gasteiger charge is -2.35. The summed E-state index contributed by atoms with van der Waals surface area (Å²) in [5.41, 5.74) is 3.79. The molecule has 1 aliphatic carbocycles. The number of aliphatic hydroxyl groups is 1. The summed E-state index contributed by atoms with van der Waals surface area (Å²) in [5, 5.41) is 24.0. The summed E-state index contributed by atoms with van der Waals surface area (Å²) in [4.78, 5) is 29.8. The van der Waals surface area contributed by atoms with Gasteiger partial charge in [-0.2, -0.15) is 5.26 Å². The number of hydrogen-bond acceptors (Lipinski definition) is 8. The molecule has 0 aromatic carbocycles. The van der Waals surface area contributed by atoms with E-state index in [9.17, 15) is 15.2 Å². The predicted octanol–water partition coefficient (Wildman–Crippen LogP) is 2.74. The van der Waals surface area contributed by atoms with Crippen LogP contribution in [0.5, 0.6) is 0 Å². The van der Waals surface area contributed by atoms with Gasteiger partial charge in [-0.15, -0.1) is 0 Å². The summed E-state index contributed by atoms with van der Waals surface area (Å²) in [7, 11) is 1.66. The number of fused-ring (bicyclic) bond motifs is 1. The van der Waals surface area contributed by atoms with Crippen molar-refractivity contribution in [1.29, 1.82) is 5.26 Å². The Bertz CT molecular complexity index is 1350. The lowest BCUT2D eigenvalue weighted by molar-refractivity contribution is 0.132. The number of nitrogens with zero attached hydrogens (tertiary/aromatic N) is 6. The average molecular weight is 473 g/mol. The monoisotopic (exact) mass is 472 g/mol. The van der Waals surface area contributed by atoms with Crippen molar-refractivity contribution in [1.82, 2.24) is 14.5 Å². The number of anilines is 1. The van der Waals surface area contributed by atoms with Crippen molar-refractivity contribution in [3.63, 3.8) is 0 Å². The molecule has 3 aromatic rings. The summed E-state index contributed by atoms with van der Waals surface area (Å²) < 4.78 is 1.48. The minimum atomic E-state index is -0.397. The topological polar surface area (TPSA) is 117 Å². The number of aromatic nitrogens is 3. The largest absolute Gasteiger partial charge is 0.395 e. The third-order valence-electron chi connectivity index (χ3n) is 6.88. The van der Waals surface area contributed by atoms with Crippen molar-refractivity contribution < 1.29 is 9.94 Å². The summed E-state index contributed by atoms with van der Waals surface area (Å²) in [6, 6.07) is 11.2. The normalized spacial score (nSPS) is 16.9. The highest BCUT2D eigenvalue weighted by Crippen LogP contribution is 2.33. The molecule has 0 amide bonds. The van der Waals surface area contributed by atoms with Crippen LogP contribution in [-0.4, -0.2) is 45.0 Å². The third kappa shape index (κ3) is 4.62. The van der Waals surface area contributed by atoms with Crippen LogP contribution < -0.4 is 10.5 Å². The predicted molar refractivity (Wildman–Crippen MR) is 132 cm³/mol. The molecule has 0 bridgehead atoms. The maximum atomic E-state index is 13.0. The van der Waals surface area contributed by atoms with E-state index in [1.165, 1.54) is 17.4 Å². The molecule has 4 heterocycles. The molecule has 9 nitrogen and oxygen atoms in total. The number of pyridine rings is 3. The van der Waals surface area contributed by atoms with Gasteiger partial charge >= 0.3 is 0 Å². The van der Waals surface area contributed by atoms with E-state index in [2.05, 4.69) is 26.1 Å². The Labute approximate surface area is 203 Å². The highest BCUT2D eigenvalue weighted by Gasteiger charge is 2.30. The van der Waals surface area contributed by atoms with Crippen molar-refractivity contribution in [3.05, 3.63) is 63.8 Å². The van der Waals surface area contributed by atoms with Crippen LogP contribution >= 0.6 is 0 Å². The molecule has 180 valence electrons. The molecule has 0 spiro atoms. The second-order valence-electron chi connectivity index (χ2n) is 9.22.